The Kier molecular flexibility index (Phi) is 8.22. The van der Waals surface area contributed by atoms with Gasteiger partial charge in [-0.2, -0.15) is 35.1 Å². The maximum absolute atomic E-state index is 15.0. The van der Waals surface area contributed by atoms with Gasteiger partial charge in [-0.3, -0.25) is 9.59 Å². The van der Waals surface area contributed by atoms with Gasteiger partial charge in [0, 0.05) is 11.1 Å². The molecule has 0 bridgehead atoms. The average Bonchev–Trinajstić information content (AvgIpc) is 2.85. The Balaban J connectivity index is 2.02. The van der Waals surface area contributed by atoms with Crippen molar-refractivity contribution in [3.05, 3.63) is 83.2 Å². The zero-order chi connectivity index (χ0) is 30.0. The maximum Gasteiger partial charge on any atom is 0.435 e. The number of ether oxygens (including phenoxy) is 1. The van der Waals surface area contributed by atoms with E-state index in [1.54, 1.807) is 11.4 Å². The molecule has 0 aromatic heterocycles. The molecule has 214 valence electrons. The number of rotatable bonds is 7. The summed E-state index contributed by atoms with van der Waals surface area (Å²) in [5.74, 6) is -7.24. The molecule has 3 N–H and O–H groups in total. The van der Waals surface area contributed by atoms with Crippen molar-refractivity contribution in [1.29, 1.82) is 0 Å². The number of anilines is 2. The summed E-state index contributed by atoms with van der Waals surface area (Å²) < 4.78 is 138. The van der Waals surface area contributed by atoms with E-state index in [0.717, 1.165) is 18.2 Å². The lowest BCUT2D eigenvalue weighted by molar-refractivity contribution is -0.348. The van der Waals surface area contributed by atoms with Gasteiger partial charge in [-0.05, 0) is 36.4 Å². The molecule has 6 nitrogen and oxygen atoms in total. The van der Waals surface area contributed by atoms with Crippen LogP contribution in [-0.4, -0.2) is 35.9 Å². The number of alkyl halides is 9. The average molecular weight is 584 g/mol. The van der Waals surface area contributed by atoms with Gasteiger partial charge in [-0.15, -0.1) is 0 Å². The third-order valence-electron chi connectivity index (χ3n) is 5.24. The molecule has 3 rings (SSSR count). The molecule has 3 aromatic rings. The van der Waals surface area contributed by atoms with Crippen LogP contribution in [-0.2, 0) is 5.67 Å². The lowest BCUT2D eigenvalue weighted by Gasteiger charge is -2.31. The minimum Gasteiger partial charge on any atom is -0.506 e. The fourth-order valence-electron chi connectivity index (χ4n) is 3.37. The Bertz CT molecular complexity index is 1400. The Labute approximate surface area is 217 Å². The molecule has 0 aliphatic rings. The molecule has 0 saturated carbocycles. The van der Waals surface area contributed by atoms with Crippen molar-refractivity contribution in [2.24, 2.45) is 0 Å². The van der Waals surface area contributed by atoms with Crippen molar-refractivity contribution in [3.8, 4) is 11.5 Å². The molecule has 0 spiro atoms. The SMILES string of the molecule is O=C(Nc1cccc(C(=O)Nc2c(O)cc(C(F)(C(F)(F)F)C(F)(F)F)cc2OC(F)F)c1F)c1ccccc1. The first-order valence-corrected chi connectivity index (χ1v) is 10.6. The van der Waals surface area contributed by atoms with Gasteiger partial charge in [0.1, 0.15) is 11.4 Å². The van der Waals surface area contributed by atoms with E-state index >= 15 is 4.39 Å². The van der Waals surface area contributed by atoms with E-state index < -0.39 is 88.4 Å². The third kappa shape index (κ3) is 5.89. The molecule has 0 saturated heterocycles. The van der Waals surface area contributed by atoms with Crippen LogP contribution in [0.25, 0.3) is 0 Å². The van der Waals surface area contributed by atoms with Crippen LogP contribution in [0.1, 0.15) is 26.3 Å². The standard InChI is InChI=1S/C24H14F10N2O4/c25-17-13(7-4-8-14(17)35-19(38)11-5-2-1-3-6-11)20(39)36-18-15(37)9-12(10-16(18)40-21(26)27)22(28,23(29,30)31)24(32,33)34/h1-10,21,37H,(H,35,38)(H,36,39). The molecule has 3 aromatic carbocycles. The summed E-state index contributed by atoms with van der Waals surface area (Å²) in [7, 11) is 0. The number of aromatic hydroxyl groups is 1. The number of carbonyl (C=O) groups excluding carboxylic acids is 2. The Hall–Kier alpha value is -4.50. The molecular weight excluding hydrogens is 570 g/mol. The summed E-state index contributed by atoms with van der Waals surface area (Å²) in [5, 5.41) is 13.8. The van der Waals surface area contributed by atoms with Crippen molar-refractivity contribution >= 4 is 23.2 Å². The van der Waals surface area contributed by atoms with Crippen molar-refractivity contribution in [1.82, 2.24) is 0 Å². The minimum absolute atomic E-state index is 0.0946. The lowest BCUT2D eigenvalue weighted by atomic mass is 9.93. The molecule has 0 fully saturated rings. The quantitative estimate of drug-likeness (QED) is 0.208. The highest BCUT2D eigenvalue weighted by Gasteiger charge is 2.73. The van der Waals surface area contributed by atoms with E-state index in [9.17, 15) is 54.2 Å². The predicted octanol–water partition coefficient (Wildman–Crippen LogP) is 6.93. The second-order valence-electron chi connectivity index (χ2n) is 7.84. The Morgan fingerprint density at radius 3 is 1.95 bits per heavy atom. The number of nitrogens with one attached hydrogen (secondary N) is 2. The molecule has 0 unspecified atom stereocenters. The third-order valence-corrected chi connectivity index (χ3v) is 5.24. The summed E-state index contributed by atoms with van der Waals surface area (Å²) in [6.45, 7) is -3.94. The fourth-order valence-corrected chi connectivity index (χ4v) is 3.37. The summed E-state index contributed by atoms with van der Waals surface area (Å²) in [4.78, 5) is 25.0. The first-order chi connectivity index (χ1) is 18.5. The largest absolute Gasteiger partial charge is 0.506 e. The van der Waals surface area contributed by atoms with Gasteiger partial charge < -0.3 is 20.5 Å². The minimum atomic E-state index is -6.67. The number of amides is 2. The van der Waals surface area contributed by atoms with Gasteiger partial charge >= 0.3 is 24.6 Å². The number of phenolic OH excluding ortho intramolecular Hbond substituents is 1. The van der Waals surface area contributed by atoms with Crippen LogP contribution >= 0.6 is 0 Å². The maximum atomic E-state index is 15.0. The highest BCUT2D eigenvalue weighted by molar-refractivity contribution is 6.08. The second-order valence-corrected chi connectivity index (χ2v) is 7.84. The van der Waals surface area contributed by atoms with Crippen LogP contribution in [0.15, 0.2) is 60.7 Å². The lowest BCUT2D eigenvalue weighted by Crippen LogP contribution is -2.50. The van der Waals surface area contributed by atoms with Gasteiger partial charge in [0.05, 0.1) is 11.3 Å². The molecule has 0 aliphatic carbocycles. The van der Waals surface area contributed by atoms with Crippen molar-refractivity contribution in [3.63, 3.8) is 0 Å². The van der Waals surface area contributed by atoms with Gasteiger partial charge in [0.25, 0.3) is 11.8 Å². The molecule has 0 radical (unpaired) electrons. The molecule has 0 heterocycles. The van der Waals surface area contributed by atoms with Gasteiger partial charge in [0.15, 0.2) is 11.6 Å². The first-order valence-electron chi connectivity index (χ1n) is 10.6. The summed E-state index contributed by atoms with van der Waals surface area (Å²) in [6, 6.07) is 9.39. The highest BCUT2D eigenvalue weighted by atomic mass is 19.4. The van der Waals surface area contributed by atoms with Gasteiger partial charge in [-0.1, -0.05) is 24.3 Å². The fraction of sp³-hybridized carbons (Fsp3) is 0.167. The zero-order valence-electron chi connectivity index (χ0n) is 19.3. The Morgan fingerprint density at radius 1 is 0.800 bits per heavy atom. The van der Waals surface area contributed by atoms with Crippen LogP contribution in [0.2, 0.25) is 0 Å². The van der Waals surface area contributed by atoms with Crippen LogP contribution < -0.4 is 15.4 Å². The number of hydrogen-bond donors (Lipinski definition) is 3. The number of carbonyl (C=O) groups is 2. The molecule has 0 atom stereocenters. The van der Waals surface area contributed by atoms with E-state index in [-0.39, 0.29) is 5.56 Å². The Morgan fingerprint density at radius 2 is 1.40 bits per heavy atom. The molecule has 40 heavy (non-hydrogen) atoms. The van der Waals surface area contributed by atoms with E-state index in [1.165, 1.54) is 24.3 Å². The summed E-state index contributed by atoms with van der Waals surface area (Å²) >= 11 is 0. The topological polar surface area (TPSA) is 87.7 Å². The van der Waals surface area contributed by atoms with Crippen LogP contribution in [0.5, 0.6) is 11.5 Å². The summed E-state index contributed by atoms with van der Waals surface area (Å²) in [6.07, 6.45) is -13.3. The van der Waals surface area contributed by atoms with E-state index in [1.807, 2.05) is 0 Å². The van der Waals surface area contributed by atoms with E-state index in [4.69, 9.17) is 0 Å². The monoisotopic (exact) mass is 584 g/mol. The number of hydrogen-bond acceptors (Lipinski definition) is 4. The molecular formula is C24H14F10N2O4. The van der Waals surface area contributed by atoms with Crippen molar-refractivity contribution < 1.29 is 63.3 Å². The highest BCUT2D eigenvalue weighted by Crippen LogP contribution is 2.55. The predicted molar refractivity (Wildman–Crippen MR) is 118 cm³/mol. The first kappa shape index (κ1) is 30.0. The van der Waals surface area contributed by atoms with Crippen LogP contribution in [0.4, 0.5) is 55.3 Å². The van der Waals surface area contributed by atoms with Gasteiger partial charge in [-0.25, -0.2) is 8.78 Å². The van der Waals surface area contributed by atoms with Crippen molar-refractivity contribution in [2.75, 3.05) is 10.6 Å². The van der Waals surface area contributed by atoms with E-state index in [0.29, 0.717) is 0 Å². The van der Waals surface area contributed by atoms with E-state index in [2.05, 4.69) is 10.1 Å². The smallest absolute Gasteiger partial charge is 0.435 e. The second kappa shape index (κ2) is 10.9. The van der Waals surface area contributed by atoms with Crippen LogP contribution in [0, 0.1) is 5.82 Å². The van der Waals surface area contributed by atoms with Gasteiger partial charge in [0.2, 0.25) is 0 Å². The molecule has 2 amide bonds. The normalized spacial score (nSPS) is 12.3. The number of phenols is 1. The molecule has 16 heteroatoms. The number of benzene rings is 3. The van der Waals surface area contributed by atoms with Crippen LogP contribution in [0.3, 0.4) is 0 Å². The summed E-state index contributed by atoms with van der Waals surface area (Å²) in [5.41, 5.74) is -11.2. The molecule has 0 aliphatic heterocycles. The number of halogens is 10. The van der Waals surface area contributed by atoms with Crippen molar-refractivity contribution in [2.45, 2.75) is 24.6 Å². The zero-order valence-corrected chi connectivity index (χ0v) is 19.3.